The number of nitrogens with one attached hydrogen (secondary N) is 1. The average Bonchev–Trinajstić information content (AvgIpc) is 2.42. The maximum atomic E-state index is 12.4. The Bertz CT molecular complexity index is 513. The molecule has 0 fully saturated rings. The number of carbonyl (C=O) groups excluding carboxylic acids is 1. The number of pyridine rings is 1. The van der Waals surface area contributed by atoms with Crippen molar-refractivity contribution in [2.24, 2.45) is 5.41 Å². The minimum Gasteiger partial charge on any atom is -0.337 e. The molecule has 0 saturated carbocycles. The standard InChI is InChI=1S/C18H32N4O/c1-14-8-9-19-16(10-14)11-15(2)22(7)17(23)20-12-18(3,4)13-21(5)6/h8-10,15H,11-13H2,1-7H3,(H,20,23)/t15-/m0/s1. The Morgan fingerprint density at radius 1 is 1.35 bits per heavy atom. The minimum absolute atomic E-state index is 0.0306. The normalized spacial score (nSPS) is 13.0. The SMILES string of the molecule is Cc1ccnc(C[C@H](C)N(C)C(=O)NCC(C)(C)CN(C)C)c1. The summed E-state index contributed by atoms with van der Waals surface area (Å²) in [5.74, 6) is 0. The molecule has 0 bridgehead atoms. The molecule has 1 N–H and O–H groups in total. The van der Waals surface area contributed by atoms with Crippen LogP contribution >= 0.6 is 0 Å². The van der Waals surface area contributed by atoms with Crippen LogP contribution in [0.1, 0.15) is 32.0 Å². The van der Waals surface area contributed by atoms with Gasteiger partial charge in [-0.1, -0.05) is 13.8 Å². The molecule has 0 radical (unpaired) electrons. The second-order valence-electron chi connectivity index (χ2n) is 7.55. The van der Waals surface area contributed by atoms with E-state index < -0.39 is 0 Å². The Hall–Kier alpha value is -1.62. The fourth-order valence-corrected chi connectivity index (χ4v) is 2.70. The van der Waals surface area contributed by atoms with Crippen molar-refractivity contribution in [2.75, 3.05) is 34.2 Å². The van der Waals surface area contributed by atoms with Crippen LogP contribution in [-0.2, 0) is 6.42 Å². The summed E-state index contributed by atoms with van der Waals surface area (Å²) in [6.45, 7) is 10.0. The maximum Gasteiger partial charge on any atom is 0.317 e. The van der Waals surface area contributed by atoms with Crippen molar-refractivity contribution < 1.29 is 4.79 Å². The highest BCUT2D eigenvalue weighted by molar-refractivity contribution is 5.74. The molecule has 0 aliphatic rings. The lowest BCUT2D eigenvalue weighted by atomic mass is 9.93. The minimum atomic E-state index is -0.0306. The van der Waals surface area contributed by atoms with Gasteiger partial charge in [0.05, 0.1) is 0 Å². The third-order valence-electron chi connectivity index (χ3n) is 3.92. The summed E-state index contributed by atoms with van der Waals surface area (Å²) in [6.07, 6.45) is 2.58. The molecule has 0 unspecified atom stereocenters. The van der Waals surface area contributed by atoms with Crippen molar-refractivity contribution in [2.45, 2.75) is 40.2 Å². The molecule has 23 heavy (non-hydrogen) atoms. The van der Waals surface area contributed by atoms with E-state index in [-0.39, 0.29) is 17.5 Å². The van der Waals surface area contributed by atoms with Gasteiger partial charge in [0.15, 0.2) is 0 Å². The molecule has 0 aromatic carbocycles. The zero-order valence-electron chi connectivity index (χ0n) is 15.7. The summed E-state index contributed by atoms with van der Waals surface area (Å²) in [4.78, 5) is 20.6. The number of amides is 2. The summed E-state index contributed by atoms with van der Waals surface area (Å²) < 4.78 is 0. The van der Waals surface area contributed by atoms with E-state index in [4.69, 9.17) is 0 Å². The predicted molar refractivity (Wildman–Crippen MR) is 95.6 cm³/mol. The van der Waals surface area contributed by atoms with Crippen LogP contribution < -0.4 is 5.32 Å². The van der Waals surface area contributed by atoms with Crippen LogP contribution in [0.4, 0.5) is 4.79 Å². The molecule has 0 aliphatic heterocycles. The monoisotopic (exact) mass is 320 g/mol. The van der Waals surface area contributed by atoms with Gasteiger partial charge < -0.3 is 15.1 Å². The van der Waals surface area contributed by atoms with Crippen LogP contribution in [0.2, 0.25) is 0 Å². The van der Waals surface area contributed by atoms with Crippen molar-refractivity contribution >= 4 is 6.03 Å². The van der Waals surface area contributed by atoms with Gasteiger partial charge in [0.1, 0.15) is 0 Å². The van der Waals surface area contributed by atoms with E-state index in [0.717, 1.165) is 18.7 Å². The van der Waals surface area contributed by atoms with Gasteiger partial charge in [-0.05, 0) is 51.1 Å². The topological polar surface area (TPSA) is 48.5 Å². The zero-order chi connectivity index (χ0) is 17.6. The predicted octanol–water partition coefficient (Wildman–Crippen LogP) is 2.55. The van der Waals surface area contributed by atoms with Crippen molar-refractivity contribution in [3.05, 3.63) is 29.6 Å². The average molecular weight is 320 g/mol. The molecule has 0 aliphatic carbocycles. The molecular formula is C18H32N4O. The third kappa shape index (κ3) is 6.99. The molecule has 1 rings (SSSR count). The number of carbonyl (C=O) groups is 1. The molecule has 5 heteroatoms. The molecule has 1 aromatic heterocycles. The van der Waals surface area contributed by atoms with Gasteiger partial charge >= 0.3 is 6.03 Å². The molecule has 130 valence electrons. The van der Waals surface area contributed by atoms with E-state index >= 15 is 0 Å². The molecular weight excluding hydrogens is 288 g/mol. The van der Waals surface area contributed by atoms with Crippen LogP contribution in [0.25, 0.3) is 0 Å². The summed E-state index contributed by atoms with van der Waals surface area (Å²) >= 11 is 0. The van der Waals surface area contributed by atoms with E-state index in [9.17, 15) is 4.79 Å². The Labute approximate surface area is 141 Å². The molecule has 5 nitrogen and oxygen atoms in total. The number of aromatic nitrogens is 1. The highest BCUT2D eigenvalue weighted by Crippen LogP contribution is 2.14. The Morgan fingerprint density at radius 2 is 2.00 bits per heavy atom. The quantitative estimate of drug-likeness (QED) is 0.840. The number of likely N-dealkylation sites (N-methyl/N-ethyl adjacent to an activating group) is 1. The van der Waals surface area contributed by atoms with Gasteiger partial charge in [0, 0.05) is 44.5 Å². The van der Waals surface area contributed by atoms with Crippen molar-refractivity contribution in [1.29, 1.82) is 0 Å². The van der Waals surface area contributed by atoms with Gasteiger partial charge in [0.2, 0.25) is 0 Å². The van der Waals surface area contributed by atoms with Crippen molar-refractivity contribution in [3.63, 3.8) is 0 Å². The first kappa shape index (κ1) is 19.4. The van der Waals surface area contributed by atoms with E-state index in [1.807, 2.05) is 33.4 Å². The van der Waals surface area contributed by atoms with E-state index in [0.29, 0.717) is 6.54 Å². The lowest BCUT2D eigenvalue weighted by Gasteiger charge is -2.31. The summed E-state index contributed by atoms with van der Waals surface area (Å²) in [6, 6.07) is 4.12. The second kappa shape index (κ2) is 8.29. The van der Waals surface area contributed by atoms with Crippen LogP contribution in [-0.4, -0.2) is 61.1 Å². The third-order valence-corrected chi connectivity index (χ3v) is 3.92. The first-order valence-corrected chi connectivity index (χ1v) is 8.17. The number of nitrogens with zero attached hydrogens (tertiary/aromatic N) is 3. The molecule has 2 amide bonds. The highest BCUT2D eigenvalue weighted by Gasteiger charge is 2.22. The smallest absolute Gasteiger partial charge is 0.317 e. The lowest BCUT2D eigenvalue weighted by molar-refractivity contribution is 0.180. The number of urea groups is 1. The molecule has 1 heterocycles. The Balaban J connectivity index is 2.52. The van der Waals surface area contributed by atoms with Gasteiger partial charge in [-0.2, -0.15) is 0 Å². The fraction of sp³-hybridized carbons (Fsp3) is 0.667. The van der Waals surface area contributed by atoms with Crippen LogP contribution in [0.5, 0.6) is 0 Å². The summed E-state index contributed by atoms with van der Waals surface area (Å²) in [7, 11) is 5.94. The highest BCUT2D eigenvalue weighted by atomic mass is 16.2. The number of rotatable bonds is 7. The van der Waals surface area contributed by atoms with Crippen LogP contribution in [0.3, 0.4) is 0 Å². The van der Waals surface area contributed by atoms with Gasteiger partial charge in [-0.25, -0.2) is 4.79 Å². The molecule has 0 saturated heterocycles. The van der Waals surface area contributed by atoms with Gasteiger partial charge in [0.25, 0.3) is 0 Å². The maximum absolute atomic E-state index is 12.4. The number of hydrogen-bond acceptors (Lipinski definition) is 3. The molecule has 1 atom stereocenters. The van der Waals surface area contributed by atoms with E-state index in [1.165, 1.54) is 5.56 Å². The first-order valence-electron chi connectivity index (χ1n) is 8.17. The second-order valence-corrected chi connectivity index (χ2v) is 7.55. The van der Waals surface area contributed by atoms with Crippen LogP contribution in [0, 0.1) is 12.3 Å². The summed E-state index contributed by atoms with van der Waals surface area (Å²) in [5.41, 5.74) is 2.26. The zero-order valence-corrected chi connectivity index (χ0v) is 15.7. The fourth-order valence-electron chi connectivity index (χ4n) is 2.70. The Morgan fingerprint density at radius 3 is 2.57 bits per heavy atom. The van der Waals surface area contributed by atoms with Crippen LogP contribution in [0.15, 0.2) is 18.3 Å². The number of hydrogen-bond donors (Lipinski definition) is 1. The van der Waals surface area contributed by atoms with Gasteiger partial charge in [-0.3, -0.25) is 4.98 Å². The lowest BCUT2D eigenvalue weighted by Crippen LogP contribution is -2.47. The van der Waals surface area contributed by atoms with Crippen molar-refractivity contribution in [3.8, 4) is 0 Å². The van der Waals surface area contributed by atoms with E-state index in [1.54, 1.807) is 4.90 Å². The van der Waals surface area contributed by atoms with Crippen molar-refractivity contribution in [1.82, 2.24) is 20.1 Å². The van der Waals surface area contributed by atoms with E-state index in [2.05, 4.69) is 49.0 Å². The Kier molecular flexibility index (Phi) is 7.01. The van der Waals surface area contributed by atoms with Gasteiger partial charge in [-0.15, -0.1) is 0 Å². The summed E-state index contributed by atoms with van der Waals surface area (Å²) in [5, 5.41) is 3.05. The molecule has 0 spiro atoms. The largest absolute Gasteiger partial charge is 0.337 e. The number of aryl methyl sites for hydroxylation is 1. The first-order chi connectivity index (χ1) is 10.6. The molecule has 1 aromatic rings.